The number of hydrogen-bond donors (Lipinski definition) is 1. The predicted octanol–water partition coefficient (Wildman–Crippen LogP) is 2.15. The fraction of sp³-hybridized carbons (Fsp3) is 0.818. The van der Waals surface area contributed by atoms with Crippen LogP contribution >= 0.6 is 23.2 Å². The van der Waals surface area contributed by atoms with Crippen LogP contribution in [-0.4, -0.2) is 33.3 Å². The largest absolute Gasteiger partial charge is 0.325 e. The van der Waals surface area contributed by atoms with Crippen molar-refractivity contribution in [1.29, 1.82) is 0 Å². The molecule has 4 nitrogen and oxygen atoms in total. The van der Waals surface area contributed by atoms with Gasteiger partial charge in [-0.05, 0) is 13.8 Å². The Morgan fingerprint density at radius 2 is 1.71 bits per heavy atom. The van der Waals surface area contributed by atoms with E-state index in [1.807, 2.05) is 13.8 Å². The summed E-state index contributed by atoms with van der Waals surface area (Å²) in [6.07, 6.45) is 0. The lowest BCUT2D eigenvalue weighted by Gasteiger charge is -2.16. The van der Waals surface area contributed by atoms with E-state index in [2.05, 4.69) is 5.32 Å². The van der Waals surface area contributed by atoms with E-state index in [9.17, 15) is 9.59 Å². The zero-order valence-electron chi connectivity index (χ0n) is 10.3. The molecule has 1 saturated heterocycles. The minimum Gasteiger partial charge on any atom is -0.324 e. The van der Waals surface area contributed by atoms with Gasteiger partial charge >= 0.3 is 6.03 Å². The van der Waals surface area contributed by atoms with E-state index in [0.717, 1.165) is 0 Å². The quantitative estimate of drug-likeness (QED) is 0.622. The molecule has 2 fully saturated rings. The number of urea groups is 1. The summed E-state index contributed by atoms with van der Waals surface area (Å²) in [5.74, 6) is -0.309. The van der Waals surface area contributed by atoms with E-state index in [4.69, 9.17) is 23.2 Å². The van der Waals surface area contributed by atoms with Crippen molar-refractivity contribution < 1.29 is 9.59 Å². The number of imide groups is 1. The average Bonchev–Trinajstić information content (AvgIpc) is 2.41. The highest BCUT2D eigenvalue weighted by atomic mass is 35.5. The molecule has 1 heterocycles. The molecule has 0 aromatic carbocycles. The number of carbonyl (C=O) groups excluding carboxylic acids is 2. The van der Waals surface area contributed by atoms with Crippen LogP contribution in [0.5, 0.6) is 0 Å². The van der Waals surface area contributed by atoms with Gasteiger partial charge in [0.15, 0.2) is 0 Å². The summed E-state index contributed by atoms with van der Waals surface area (Å²) in [5, 5.41) is 2.63. The molecule has 0 bridgehead atoms. The summed E-state index contributed by atoms with van der Waals surface area (Å²) in [6.45, 7) is 7.50. The van der Waals surface area contributed by atoms with E-state index in [-0.39, 0.29) is 29.8 Å². The number of halogens is 2. The number of amides is 3. The van der Waals surface area contributed by atoms with Crippen LogP contribution in [0.2, 0.25) is 0 Å². The molecule has 0 aromatic rings. The van der Waals surface area contributed by atoms with E-state index >= 15 is 0 Å². The Labute approximate surface area is 111 Å². The van der Waals surface area contributed by atoms with E-state index in [1.54, 1.807) is 13.8 Å². The van der Waals surface area contributed by atoms with Gasteiger partial charge in [-0.2, -0.15) is 0 Å². The number of nitrogens with zero attached hydrogens (tertiary/aromatic N) is 1. The second kappa shape index (κ2) is 3.29. The van der Waals surface area contributed by atoms with Crippen LogP contribution in [0.4, 0.5) is 4.79 Å². The molecule has 0 aromatic heterocycles. The Morgan fingerprint density at radius 3 is 2.00 bits per heavy atom. The van der Waals surface area contributed by atoms with Gasteiger partial charge in [0.2, 0.25) is 0 Å². The van der Waals surface area contributed by atoms with Gasteiger partial charge in [-0.15, -0.1) is 23.2 Å². The van der Waals surface area contributed by atoms with Crippen molar-refractivity contribution in [2.45, 2.75) is 37.6 Å². The van der Waals surface area contributed by atoms with Crippen LogP contribution in [-0.2, 0) is 4.79 Å². The van der Waals surface area contributed by atoms with Gasteiger partial charge in [0.05, 0.1) is 0 Å². The van der Waals surface area contributed by atoms with Crippen LogP contribution in [0, 0.1) is 11.3 Å². The molecule has 1 aliphatic carbocycles. The molecule has 2 aliphatic rings. The fourth-order valence-corrected chi connectivity index (χ4v) is 3.10. The number of hydrogen-bond acceptors (Lipinski definition) is 2. The Balaban J connectivity index is 2.13. The summed E-state index contributed by atoms with van der Waals surface area (Å²) in [7, 11) is 0. The minimum atomic E-state index is -0.861. The van der Waals surface area contributed by atoms with Crippen LogP contribution in [0.15, 0.2) is 0 Å². The summed E-state index contributed by atoms with van der Waals surface area (Å²) < 4.78 is -0.861. The monoisotopic (exact) mass is 278 g/mol. The maximum Gasteiger partial charge on any atom is 0.325 e. The third kappa shape index (κ3) is 1.65. The van der Waals surface area contributed by atoms with Crippen LogP contribution < -0.4 is 5.32 Å². The zero-order chi connectivity index (χ0) is 13.2. The third-order valence-electron chi connectivity index (χ3n) is 3.89. The first-order valence-corrected chi connectivity index (χ1v) is 6.29. The Morgan fingerprint density at radius 1 is 1.24 bits per heavy atom. The number of carbonyl (C=O) groups is 2. The molecule has 1 saturated carbocycles. The van der Waals surface area contributed by atoms with Crippen molar-refractivity contribution in [1.82, 2.24) is 10.2 Å². The molecule has 17 heavy (non-hydrogen) atoms. The van der Waals surface area contributed by atoms with E-state index < -0.39 is 9.87 Å². The predicted molar refractivity (Wildman–Crippen MR) is 66.0 cm³/mol. The van der Waals surface area contributed by atoms with Gasteiger partial charge < -0.3 is 5.32 Å². The summed E-state index contributed by atoms with van der Waals surface area (Å²) >= 11 is 12.3. The first-order chi connectivity index (χ1) is 7.52. The van der Waals surface area contributed by atoms with Gasteiger partial charge in [-0.1, -0.05) is 13.8 Å². The molecule has 0 radical (unpaired) electrons. The summed E-state index contributed by atoms with van der Waals surface area (Å²) in [6, 6.07) is -0.369. The molecule has 1 unspecified atom stereocenters. The lowest BCUT2D eigenvalue weighted by Crippen LogP contribution is -2.40. The standard InChI is InChI=1S/C11H16Cl2N2O2/c1-9(2)6(11(9,12)13)5-15-7(16)10(3,4)14-8(15)17/h6H,5H2,1-4H3,(H,14,17). The maximum atomic E-state index is 12.0. The smallest absolute Gasteiger partial charge is 0.324 e. The normalized spacial score (nSPS) is 32.6. The summed E-state index contributed by atoms with van der Waals surface area (Å²) in [4.78, 5) is 24.9. The number of nitrogens with one attached hydrogen (secondary N) is 1. The highest BCUT2D eigenvalue weighted by Crippen LogP contribution is 2.68. The fourth-order valence-electron chi connectivity index (χ4n) is 2.27. The van der Waals surface area contributed by atoms with Gasteiger partial charge in [0, 0.05) is 17.9 Å². The Kier molecular flexibility index (Phi) is 2.51. The molecular weight excluding hydrogens is 263 g/mol. The van der Waals surface area contributed by atoms with Crippen molar-refractivity contribution in [3.63, 3.8) is 0 Å². The molecule has 1 aliphatic heterocycles. The van der Waals surface area contributed by atoms with Crippen molar-refractivity contribution in [3.8, 4) is 0 Å². The van der Waals surface area contributed by atoms with Crippen LogP contribution in [0.25, 0.3) is 0 Å². The topological polar surface area (TPSA) is 49.4 Å². The average molecular weight is 279 g/mol. The van der Waals surface area contributed by atoms with Crippen LogP contribution in [0.1, 0.15) is 27.7 Å². The first kappa shape index (κ1) is 13.0. The number of alkyl halides is 2. The Hall–Kier alpha value is -0.480. The Bertz CT molecular complexity index is 390. The number of rotatable bonds is 2. The molecule has 96 valence electrons. The third-order valence-corrected chi connectivity index (χ3v) is 5.40. The second-order valence-corrected chi connectivity index (χ2v) is 7.25. The van der Waals surface area contributed by atoms with Gasteiger partial charge in [0.25, 0.3) is 5.91 Å². The van der Waals surface area contributed by atoms with Crippen molar-refractivity contribution >= 4 is 35.1 Å². The molecule has 2 rings (SSSR count). The van der Waals surface area contributed by atoms with Crippen molar-refractivity contribution in [2.75, 3.05) is 6.54 Å². The van der Waals surface area contributed by atoms with Crippen molar-refractivity contribution in [2.24, 2.45) is 11.3 Å². The lowest BCUT2D eigenvalue weighted by atomic mass is 10.1. The van der Waals surface area contributed by atoms with Crippen LogP contribution in [0.3, 0.4) is 0 Å². The molecule has 0 spiro atoms. The zero-order valence-corrected chi connectivity index (χ0v) is 11.8. The molecule has 1 atom stereocenters. The highest BCUT2D eigenvalue weighted by molar-refractivity contribution is 6.51. The molecule has 3 amide bonds. The molecule has 1 N–H and O–H groups in total. The van der Waals surface area contributed by atoms with Crippen molar-refractivity contribution in [3.05, 3.63) is 0 Å². The maximum absolute atomic E-state index is 12.0. The van der Waals surface area contributed by atoms with Gasteiger partial charge in [-0.25, -0.2) is 4.79 Å². The molecular formula is C11H16Cl2N2O2. The highest BCUT2D eigenvalue weighted by Gasteiger charge is 2.71. The second-order valence-electron chi connectivity index (χ2n) is 5.87. The molecule has 6 heteroatoms. The lowest BCUT2D eigenvalue weighted by molar-refractivity contribution is -0.130. The minimum absolute atomic E-state index is 0.0815. The van der Waals surface area contributed by atoms with Gasteiger partial charge in [-0.3, -0.25) is 9.69 Å². The van der Waals surface area contributed by atoms with Gasteiger partial charge in [0.1, 0.15) is 9.87 Å². The van der Waals surface area contributed by atoms with E-state index in [1.165, 1.54) is 4.90 Å². The van der Waals surface area contributed by atoms with E-state index in [0.29, 0.717) is 0 Å². The SMILES string of the molecule is CC1(C)NC(=O)N(CC2C(C)(C)C2(Cl)Cl)C1=O. The first-order valence-electron chi connectivity index (χ1n) is 5.54. The summed E-state index contributed by atoms with van der Waals surface area (Å²) in [5.41, 5.74) is -1.11.